The van der Waals surface area contributed by atoms with Crippen LogP contribution in [0.3, 0.4) is 0 Å². The first kappa shape index (κ1) is 25.0. The van der Waals surface area contributed by atoms with Gasteiger partial charge in [0.05, 0.1) is 5.56 Å². The maximum Gasteiger partial charge on any atom is 0.173 e. The highest BCUT2D eigenvalue weighted by atomic mass is 16.5. The number of ketones is 2. The van der Waals surface area contributed by atoms with E-state index in [1.165, 1.54) is 6.92 Å². The summed E-state index contributed by atoms with van der Waals surface area (Å²) in [5, 5.41) is 53.8. The summed E-state index contributed by atoms with van der Waals surface area (Å²) in [7, 11) is 0. The molecule has 8 nitrogen and oxygen atoms in total. The zero-order valence-corrected chi connectivity index (χ0v) is 20.1. The molecule has 0 aromatic heterocycles. The maximum atomic E-state index is 13.2. The Hall–Kier alpha value is -3.68. The SMILES string of the molecule is CC[C@@H](C)C(=O)c1c(O)c(Cc2c(O)c(C)c(O)c(C(C)=O)c2O)c(O)c2c1OC(C)(C)C=C2. The molecule has 1 heterocycles. The van der Waals surface area contributed by atoms with Gasteiger partial charge in [0.2, 0.25) is 0 Å². The van der Waals surface area contributed by atoms with Crippen LogP contribution in [0, 0.1) is 12.8 Å². The molecule has 2 aromatic carbocycles. The number of carbonyl (C=O) groups excluding carboxylic acids is 2. The third kappa shape index (κ3) is 3.93. The fourth-order valence-corrected chi connectivity index (χ4v) is 4.02. The predicted octanol–water partition coefficient (Wildman–Crippen LogP) is 4.73. The molecule has 0 aliphatic carbocycles. The van der Waals surface area contributed by atoms with Crippen LogP contribution in [0.15, 0.2) is 6.08 Å². The van der Waals surface area contributed by atoms with Crippen LogP contribution in [0.4, 0.5) is 0 Å². The van der Waals surface area contributed by atoms with Crippen LogP contribution in [0.2, 0.25) is 0 Å². The van der Waals surface area contributed by atoms with Gasteiger partial charge in [-0.3, -0.25) is 9.59 Å². The van der Waals surface area contributed by atoms with E-state index in [0.29, 0.717) is 6.42 Å². The van der Waals surface area contributed by atoms with Crippen LogP contribution in [0.25, 0.3) is 6.08 Å². The van der Waals surface area contributed by atoms with Crippen molar-refractivity contribution in [1.29, 1.82) is 0 Å². The number of hydrogen-bond donors (Lipinski definition) is 5. The van der Waals surface area contributed by atoms with Gasteiger partial charge in [0.15, 0.2) is 11.6 Å². The Morgan fingerprint density at radius 3 is 2.06 bits per heavy atom. The standard InChI is InChI=1S/C26H30O8/c1-7-11(2)19(28)18-24(33)16(22(31)14-8-9-26(5,6)34-25(14)18)10-15-20(29)12(3)21(30)17(13(4)27)23(15)32/h8-9,11,29-33H,7,10H2,1-6H3/t11-/m1/s1. The molecule has 1 atom stereocenters. The monoisotopic (exact) mass is 470 g/mol. The molecular weight excluding hydrogens is 440 g/mol. The average molecular weight is 471 g/mol. The van der Waals surface area contributed by atoms with Gasteiger partial charge in [0, 0.05) is 29.0 Å². The van der Waals surface area contributed by atoms with Crippen LogP contribution in [0.1, 0.15) is 84.0 Å². The molecule has 34 heavy (non-hydrogen) atoms. The molecular formula is C26H30O8. The summed E-state index contributed by atoms with van der Waals surface area (Å²) in [6.45, 7) is 9.59. The van der Waals surface area contributed by atoms with Gasteiger partial charge in [-0.05, 0) is 46.3 Å². The second-order valence-corrected chi connectivity index (χ2v) is 9.26. The second-order valence-electron chi connectivity index (χ2n) is 9.26. The third-order valence-electron chi connectivity index (χ3n) is 6.32. The molecule has 0 spiro atoms. The van der Waals surface area contributed by atoms with Crippen molar-refractivity contribution in [1.82, 2.24) is 0 Å². The van der Waals surface area contributed by atoms with Crippen molar-refractivity contribution in [3.05, 3.63) is 39.5 Å². The lowest BCUT2D eigenvalue weighted by Gasteiger charge is -2.31. The highest BCUT2D eigenvalue weighted by molar-refractivity contribution is 6.05. The van der Waals surface area contributed by atoms with Gasteiger partial charge in [-0.15, -0.1) is 0 Å². The number of phenolic OH excluding ortho intramolecular Hbond substituents is 5. The van der Waals surface area contributed by atoms with Crippen LogP contribution >= 0.6 is 0 Å². The van der Waals surface area contributed by atoms with Crippen molar-refractivity contribution in [3.8, 4) is 34.5 Å². The summed E-state index contributed by atoms with van der Waals surface area (Å²) >= 11 is 0. The van der Waals surface area contributed by atoms with Gasteiger partial charge < -0.3 is 30.3 Å². The number of hydrogen-bond acceptors (Lipinski definition) is 8. The molecule has 0 radical (unpaired) electrons. The first-order chi connectivity index (χ1) is 15.7. The number of Topliss-reactive ketones (excluding diaryl/α,β-unsaturated/α-hetero) is 2. The van der Waals surface area contributed by atoms with Crippen molar-refractivity contribution < 1.29 is 39.9 Å². The average Bonchev–Trinajstić information content (AvgIpc) is 2.75. The fourth-order valence-electron chi connectivity index (χ4n) is 4.02. The normalized spacial score (nSPS) is 14.9. The summed E-state index contributed by atoms with van der Waals surface area (Å²) in [5.74, 6) is -4.09. The zero-order chi connectivity index (χ0) is 25.7. The van der Waals surface area contributed by atoms with E-state index < -0.39 is 52.5 Å². The third-order valence-corrected chi connectivity index (χ3v) is 6.32. The van der Waals surface area contributed by atoms with Gasteiger partial charge >= 0.3 is 0 Å². The Labute approximate surface area is 197 Å². The second kappa shape index (κ2) is 8.59. The van der Waals surface area contributed by atoms with E-state index in [1.54, 1.807) is 32.9 Å². The number of fused-ring (bicyclic) bond motifs is 1. The Morgan fingerprint density at radius 2 is 1.50 bits per heavy atom. The molecule has 5 N–H and O–H groups in total. The van der Waals surface area contributed by atoms with Gasteiger partial charge in [0.25, 0.3) is 0 Å². The highest BCUT2D eigenvalue weighted by Crippen LogP contribution is 2.50. The van der Waals surface area contributed by atoms with Crippen LogP contribution in [0.5, 0.6) is 34.5 Å². The molecule has 1 aliphatic rings. The number of rotatable bonds is 6. The van der Waals surface area contributed by atoms with E-state index in [9.17, 15) is 35.1 Å². The molecule has 0 fully saturated rings. The summed E-state index contributed by atoms with van der Waals surface area (Å²) in [6, 6.07) is 0. The van der Waals surface area contributed by atoms with Gasteiger partial charge in [-0.1, -0.05) is 13.8 Å². The van der Waals surface area contributed by atoms with E-state index in [2.05, 4.69) is 0 Å². The van der Waals surface area contributed by atoms with Crippen molar-refractivity contribution >= 4 is 17.6 Å². The first-order valence-corrected chi connectivity index (χ1v) is 11.0. The molecule has 8 heteroatoms. The molecule has 0 bridgehead atoms. The smallest absolute Gasteiger partial charge is 0.173 e. The molecule has 2 aromatic rings. The van der Waals surface area contributed by atoms with Crippen LogP contribution in [-0.4, -0.2) is 42.7 Å². The molecule has 1 aliphatic heterocycles. The fraction of sp³-hybridized carbons (Fsp3) is 0.385. The Bertz CT molecular complexity index is 1240. The predicted molar refractivity (Wildman–Crippen MR) is 126 cm³/mol. The lowest BCUT2D eigenvalue weighted by Crippen LogP contribution is -2.29. The van der Waals surface area contributed by atoms with E-state index in [-0.39, 0.29) is 44.9 Å². The van der Waals surface area contributed by atoms with E-state index in [1.807, 2.05) is 6.92 Å². The molecule has 0 saturated carbocycles. The number of ether oxygens (including phenoxy) is 1. The summed E-state index contributed by atoms with van der Waals surface area (Å²) in [6.07, 6.45) is 3.36. The summed E-state index contributed by atoms with van der Waals surface area (Å²) in [4.78, 5) is 25.3. The minimum Gasteiger partial charge on any atom is -0.507 e. The number of phenols is 5. The minimum atomic E-state index is -0.793. The van der Waals surface area contributed by atoms with E-state index in [4.69, 9.17) is 4.74 Å². The van der Waals surface area contributed by atoms with Gasteiger partial charge in [0.1, 0.15) is 51.2 Å². The lowest BCUT2D eigenvalue weighted by molar-refractivity contribution is 0.0909. The van der Waals surface area contributed by atoms with Crippen LogP contribution in [-0.2, 0) is 6.42 Å². The number of carbonyl (C=O) groups is 2. The zero-order valence-electron chi connectivity index (χ0n) is 20.1. The van der Waals surface area contributed by atoms with Crippen molar-refractivity contribution in [2.45, 2.75) is 60.0 Å². The molecule has 3 rings (SSSR count). The highest BCUT2D eigenvalue weighted by Gasteiger charge is 2.35. The van der Waals surface area contributed by atoms with Gasteiger partial charge in [-0.25, -0.2) is 0 Å². The lowest BCUT2D eigenvalue weighted by atomic mass is 9.86. The molecule has 0 saturated heterocycles. The van der Waals surface area contributed by atoms with Crippen molar-refractivity contribution in [2.24, 2.45) is 5.92 Å². The van der Waals surface area contributed by atoms with E-state index >= 15 is 0 Å². The Kier molecular flexibility index (Phi) is 6.30. The Balaban J connectivity index is 2.34. The molecule has 0 amide bonds. The molecule has 182 valence electrons. The first-order valence-electron chi connectivity index (χ1n) is 11.0. The number of benzene rings is 2. The Morgan fingerprint density at radius 1 is 0.941 bits per heavy atom. The summed E-state index contributed by atoms with van der Waals surface area (Å²) in [5.41, 5.74) is -1.47. The topological polar surface area (TPSA) is 145 Å². The van der Waals surface area contributed by atoms with Crippen molar-refractivity contribution in [2.75, 3.05) is 0 Å². The minimum absolute atomic E-state index is 0.0455. The molecule has 0 unspecified atom stereocenters. The largest absolute Gasteiger partial charge is 0.507 e. The quantitative estimate of drug-likeness (QED) is 0.381. The number of aromatic hydroxyl groups is 5. The van der Waals surface area contributed by atoms with Crippen molar-refractivity contribution in [3.63, 3.8) is 0 Å². The summed E-state index contributed by atoms with van der Waals surface area (Å²) < 4.78 is 5.96. The van der Waals surface area contributed by atoms with Crippen LogP contribution < -0.4 is 4.74 Å². The van der Waals surface area contributed by atoms with Gasteiger partial charge in [-0.2, -0.15) is 0 Å². The maximum absolute atomic E-state index is 13.2. The van der Waals surface area contributed by atoms with E-state index in [0.717, 1.165) is 6.92 Å².